The van der Waals surface area contributed by atoms with Crippen LogP contribution in [0.3, 0.4) is 0 Å². The maximum atomic E-state index is 14.3. The Hall–Kier alpha value is -3.85. The zero-order valence-electron chi connectivity index (χ0n) is 23.5. The Labute approximate surface area is 233 Å². The highest BCUT2D eigenvalue weighted by atomic mass is 16.6. The molecule has 4 aliphatic rings. The Morgan fingerprint density at radius 2 is 1.80 bits per heavy atom. The third-order valence-corrected chi connectivity index (χ3v) is 9.47. The van der Waals surface area contributed by atoms with Crippen LogP contribution in [0.2, 0.25) is 0 Å². The molecular weight excluding hydrogens is 512 g/mol. The molecule has 0 spiro atoms. The standard InChI is InChI=1S/C31H34N2O7/c1-6-18-16-33-12-11-30-20-9-7-8-10-22(20)32-27(30)23(33)15-21(18)31(30,29(35)39-5)17-40-28(34)19-13-24(36-2)26(38-4)25(14-19)37-3/h6-10,13-14,21,23H,11-12,15-17H2,1-5H3/b18-6-/t21-,23+,30-,31+/m1/s1. The fraction of sp³-hybridized carbons (Fsp3) is 0.452. The summed E-state index contributed by atoms with van der Waals surface area (Å²) in [6, 6.07) is 11.3. The summed E-state index contributed by atoms with van der Waals surface area (Å²) in [7, 11) is 5.89. The van der Waals surface area contributed by atoms with Crippen LogP contribution in [0.15, 0.2) is 53.0 Å². The highest BCUT2D eigenvalue weighted by molar-refractivity contribution is 6.11. The largest absolute Gasteiger partial charge is 0.493 e. The number of rotatable bonds is 7. The van der Waals surface area contributed by atoms with Crippen LogP contribution in [0.5, 0.6) is 17.2 Å². The van der Waals surface area contributed by atoms with Gasteiger partial charge in [-0.25, -0.2) is 4.79 Å². The predicted molar refractivity (Wildman–Crippen MR) is 148 cm³/mol. The molecule has 1 saturated carbocycles. The summed E-state index contributed by atoms with van der Waals surface area (Å²) >= 11 is 0. The maximum absolute atomic E-state index is 14.3. The molecule has 0 amide bonds. The second-order valence-electron chi connectivity index (χ2n) is 10.8. The lowest BCUT2D eigenvalue weighted by Crippen LogP contribution is -2.75. The molecule has 2 aromatic carbocycles. The van der Waals surface area contributed by atoms with E-state index >= 15 is 0 Å². The quantitative estimate of drug-likeness (QED) is 0.378. The summed E-state index contributed by atoms with van der Waals surface area (Å²) in [5, 5.41) is 0. The predicted octanol–water partition coefficient (Wildman–Crippen LogP) is 4.11. The molecule has 210 valence electrons. The van der Waals surface area contributed by atoms with E-state index in [0.29, 0.717) is 30.1 Å². The monoisotopic (exact) mass is 546 g/mol. The number of benzene rings is 2. The molecule has 40 heavy (non-hydrogen) atoms. The Bertz CT molecular complexity index is 1420. The smallest absolute Gasteiger partial charge is 0.338 e. The summed E-state index contributed by atoms with van der Waals surface area (Å²) in [6.07, 6.45) is 3.50. The van der Waals surface area contributed by atoms with Crippen LogP contribution in [-0.2, 0) is 19.7 Å². The number of methoxy groups -OCH3 is 4. The van der Waals surface area contributed by atoms with Gasteiger partial charge in [0.25, 0.3) is 0 Å². The summed E-state index contributed by atoms with van der Waals surface area (Å²) in [6.45, 7) is 3.41. The van der Waals surface area contributed by atoms with Crippen molar-refractivity contribution in [2.45, 2.75) is 31.2 Å². The van der Waals surface area contributed by atoms with Crippen molar-refractivity contribution in [1.82, 2.24) is 4.90 Å². The van der Waals surface area contributed by atoms with Crippen LogP contribution < -0.4 is 14.2 Å². The molecule has 0 radical (unpaired) electrons. The summed E-state index contributed by atoms with van der Waals surface area (Å²) in [5.74, 6) is -0.103. The molecule has 6 rings (SSSR count). The molecule has 0 N–H and O–H groups in total. The highest BCUT2D eigenvalue weighted by Gasteiger charge is 2.74. The normalized spacial score (nSPS) is 28.8. The average molecular weight is 547 g/mol. The molecule has 0 aromatic heterocycles. The van der Waals surface area contributed by atoms with E-state index in [9.17, 15) is 9.59 Å². The molecule has 1 aliphatic carbocycles. The van der Waals surface area contributed by atoms with Gasteiger partial charge in [0.1, 0.15) is 12.0 Å². The van der Waals surface area contributed by atoms with E-state index in [2.05, 4.69) is 17.0 Å². The van der Waals surface area contributed by atoms with Gasteiger partial charge in [-0.1, -0.05) is 29.8 Å². The van der Waals surface area contributed by atoms with E-state index < -0.39 is 16.8 Å². The van der Waals surface area contributed by atoms with E-state index in [1.165, 1.54) is 28.4 Å². The Kier molecular flexibility index (Phi) is 6.37. The van der Waals surface area contributed by atoms with Gasteiger partial charge in [-0.3, -0.25) is 14.7 Å². The number of ether oxygens (including phenoxy) is 5. The second kappa shape index (κ2) is 9.66. The SMILES string of the molecule is C/C=C1/CN2CC[C@]34C(=Nc5ccccc53)[C@@H]2C[C@H]1[C@@]4(COC(=O)c1cc(OC)c(OC)c(OC)c1)C(=O)OC. The number of esters is 2. The summed E-state index contributed by atoms with van der Waals surface area (Å²) < 4.78 is 28.0. The van der Waals surface area contributed by atoms with Gasteiger partial charge in [0.05, 0.1) is 51.1 Å². The Balaban J connectivity index is 1.49. The van der Waals surface area contributed by atoms with Crippen molar-refractivity contribution in [3.05, 3.63) is 59.2 Å². The molecule has 2 saturated heterocycles. The molecule has 9 nitrogen and oxygen atoms in total. The number of para-hydroxylation sites is 1. The fourth-order valence-electron chi connectivity index (χ4n) is 7.77. The molecule has 3 bridgehead atoms. The second-order valence-corrected chi connectivity index (χ2v) is 10.8. The van der Waals surface area contributed by atoms with Crippen LogP contribution in [0.1, 0.15) is 35.7 Å². The molecule has 9 heteroatoms. The number of piperidine rings is 2. The molecule has 3 fully saturated rings. The van der Waals surface area contributed by atoms with E-state index in [1.54, 1.807) is 12.1 Å². The molecule has 0 unspecified atom stereocenters. The van der Waals surface area contributed by atoms with Gasteiger partial charge in [-0.15, -0.1) is 0 Å². The number of carbonyl (C=O) groups excluding carboxylic acids is 2. The molecule has 3 heterocycles. The summed E-state index contributed by atoms with van der Waals surface area (Å²) in [5.41, 5.74) is 2.32. The van der Waals surface area contributed by atoms with Crippen molar-refractivity contribution in [1.29, 1.82) is 0 Å². The first kappa shape index (κ1) is 26.4. The van der Waals surface area contributed by atoms with Crippen molar-refractivity contribution in [3.63, 3.8) is 0 Å². The Morgan fingerprint density at radius 1 is 1.07 bits per heavy atom. The van der Waals surface area contributed by atoms with Gasteiger partial charge in [0.2, 0.25) is 5.75 Å². The van der Waals surface area contributed by atoms with Crippen molar-refractivity contribution in [2.24, 2.45) is 16.3 Å². The lowest BCUT2D eigenvalue weighted by molar-refractivity contribution is -0.170. The number of carbonyl (C=O) groups is 2. The number of aliphatic imine (C=N–C) groups is 1. The number of hydrogen-bond acceptors (Lipinski definition) is 9. The molecular formula is C31H34N2O7. The van der Waals surface area contributed by atoms with Crippen LogP contribution in [0.4, 0.5) is 5.69 Å². The number of hydrogen-bond donors (Lipinski definition) is 0. The van der Waals surface area contributed by atoms with Crippen LogP contribution >= 0.6 is 0 Å². The van der Waals surface area contributed by atoms with Gasteiger partial charge in [0.15, 0.2) is 11.5 Å². The number of fused-ring (bicyclic) bond motifs is 2. The molecule has 3 aliphatic heterocycles. The third-order valence-electron chi connectivity index (χ3n) is 9.47. The lowest BCUT2D eigenvalue weighted by Gasteiger charge is -2.64. The van der Waals surface area contributed by atoms with E-state index in [4.69, 9.17) is 28.7 Å². The van der Waals surface area contributed by atoms with Crippen LogP contribution in [0, 0.1) is 11.3 Å². The highest BCUT2D eigenvalue weighted by Crippen LogP contribution is 2.66. The van der Waals surface area contributed by atoms with Crippen molar-refractivity contribution < 1.29 is 33.3 Å². The first-order valence-electron chi connectivity index (χ1n) is 13.5. The topological polar surface area (TPSA) is 95.9 Å². The number of allylic oxidation sites excluding steroid dienone is 1. The van der Waals surface area contributed by atoms with Crippen molar-refractivity contribution >= 4 is 23.3 Å². The minimum Gasteiger partial charge on any atom is -0.493 e. The van der Waals surface area contributed by atoms with Gasteiger partial charge in [0, 0.05) is 24.7 Å². The molecule has 4 atom stereocenters. The van der Waals surface area contributed by atoms with E-state index in [0.717, 1.165) is 35.6 Å². The third kappa shape index (κ3) is 3.33. The minimum atomic E-state index is -1.19. The minimum absolute atomic E-state index is 0.124. The first-order valence-corrected chi connectivity index (χ1v) is 13.5. The van der Waals surface area contributed by atoms with E-state index in [-0.39, 0.29) is 30.1 Å². The summed E-state index contributed by atoms with van der Waals surface area (Å²) in [4.78, 5) is 35.5. The number of nitrogens with zero attached hydrogens (tertiary/aromatic N) is 2. The van der Waals surface area contributed by atoms with Crippen molar-refractivity contribution in [2.75, 3.05) is 48.1 Å². The van der Waals surface area contributed by atoms with Gasteiger partial charge in [-0.2, -0.15) is 0 Å². The zero-order chi connectivity index (χ0) is 28.2. The molecule has 2 aromatic rings. The Morgan fingerprint density at radius 3 is 2.45 bits per heavy atom. The fourth-order valence-corrected chi connectivity index (χ4v) is 7.77. The first-order chi connectivity index (χ1) is 19.4. The zero-order valence-corrected chi connectivity index (χ0v) is 23.5. The average Bonchev–Trinajstić information content (AvgIpc) is 3.36. The van der Waals surface area contributed by atoms with Crippen LogP contribution in [-0.4, -0.2) is 76.7 Å². The van der Waals surface area contributed by atoms with Gasteiger partial charge in [-0.05, 0) is 43.5 Å². The van der Waals surface area contributed by atoms with Crippen molar-refractivity contribution in [3.8, 4) is 17.2 Å². The van der Waals surface area contributed by atoms with E-state index in [1.807, 2.05) is 25.1 Å². The van der Waals surface area contributed by atoms with Crippen LogP contribution in [0.25, 0.3) is 0 Å². The van der Waals surface area contributed by atoms with Gasteiger partial charge < -0.3 is 23.7 Å². The maximum Gasteiger partial charge on any atom is 0.338 e. The lowest BCUT2D eigenvalue weighted by atomic mass is 9.43. The van der Waals surface area contributed by atoms with Gasteiger partial charge >= 0.3 is 11.9 Å².